The van der Waals surface area contributed by atoms with Crippen molar-refractivity contribution < 1.29 is 26.8 Å². The number of benzene rings is 3. The maximum absolute atomic E-state index is 14.0. The molecule has 11 heteroatoms. The second-order valence-corrected chi connectivity index (χ2v) is 12.8. The summed E-state index contributed by atoms with van der Waals surface area (Å²) in [5.74, 6) is -3.56. The molecule has 0 aliphatic carbocycles. The molecular formula is C29H32ClF2N3O4S. The Morgan fingerprint density at radius 2 is 1.55 bits per heavy atom. The van der Waals surface area contributed by atoms with E-state index in [1.54, 1.807) is 24.3 Å². The van der Waals surface area contributed by atoms with Gasteiger partial charge < -0.3 is 10.2 Å². The van der Waals surface area contributed by atoms with Crippen molar-refractivity contribution in [3.63, 3.8) is 0 Å². The standard InChI is InChI=1S/C29H32ClF2N3O4S/c1-29(2,3)33-28(37)26(16-20-8-6-5-7-9-20)34(18-21-10-12-22(30)13-11-21)27(36)19-35(40(4,38)39)23-14-15-24(31)25(32)17-23/h5-15,17,26H,16,18-19H2,1-4H3,(H,33,37)/t26-/m1/s1. The van der Waals surface area contributed by atoms with Crippen molar-refractivity contribution >= 4 is 39.1 Å². The second kappa shape index (κ2) is 12.8. The van der Waals surface area contributed by atoms with Crippen LogP contribution in [0, 0.1) is 11.6 Å². The number of amides is 2. The summed E-state index contributed by atoms with van der Waals surface area (Å²) in [6.07, 6.45) is 1.00. The van der Waals surface area contributed by atoms with Gasteiger partial charge in [-0.2, -0.15) is 0 Å². The zero-order valence-electron chi connectivity index (χ0n) is 22.7. The summed E-state index contributed by atoms with van der Waals surface area (Å²) >= 11 is 6.04. The molecule has 3 aromatic rings. The molecule has 0 aliphatic rings. The van der Waals surface area contributed by atoms with Crippen LogP contribution in [0.3, 0.4) is 0 Å². The van der Waals surface area contributed by atoms with E-state index in [-0.39, 0.29) is 18.7 Å². The van der Waals surface area contributed by atoms with Gasteiger partial charge in [-0.1, -0.05) is 54.1 Å². The number of carbonyl (C=O) groups excluding carboxylic acids is 2. The molecule has 40 heavy (non-hydrogen) atoms. The van der Waals surface area contributed by atoms with E-state index in [4.69, 9.17) is 11.6 Å². The van der Waals surface area contributed by atoms with Crippen LogP contribution in [0.5, 0.6) is 0 Å². The molecule has 0 bridgehead atoms. The average molecular weight is 592 g/mol. The third kappa shape index (κ3) is 8.76. The van der Waals surface area contributed by atoms with E-state index in [9.17, 15) is 26.8 Å². The zero-order valence-corrected chi connectivity index (χ0v) is 24.3. The molecule has 0 heterocycles. The number of carbonyl (C=O) groups is 2. The molecule has 3 aromatic carbocycles. The Hall–Kier alpha value is -3.50. The van der Waals surface area contributed by atoms with Crippen LogP contribution in [0.4, 0.5) is 14.5 Å². The minimum atomic E-state index is -4.11. The van der Waals surface area contributed by atoms with Crippen LogP contribution in [-0.2, 0) is 32.6 Å². The minimum Gasteiger partial charge on any atom is -0.350 e. The highest BCUT2D eigenvalue weighted by Crippen LogP contribution is 2.23. The number of rotatable bonds is 10. The summed E-state index contributed by atoms with van der Waals surface area (Å²) in [7, 11) is -4.11. The number of anilines is 1. The van der Waals surface area contributed by atoms with E-state index < -0.39 is 51.6 Å². The summed E-state index contributed by atoms with van der Waals surface area (Å²) < 4.78 is 53.7. The Morgan fingerprint density at radius 1 is 0.925 bits per heavy atom. The lowest BCUT2D eigenvalue weighted by Gasteiger charge is -2.35. The molecule has 0 unspecified atom stereocenters. The minimum absolute atomic E-state index is 0.0412. The van der Waals surface area contributed by atoms with Gasteiger partial charge in [-0.3, -0.25) is 13.9 Å². The van der Waals surface area contributed by atoms with Gasteiger partial charge in [0.2, 0.25) is 21.8 Å². The monoisotopic (exact) mass is 591 g/mol. The van der Waals surface area contributed by atoms with Crippen molar-refractivity contribution in [3.05, 3.63) is 101 Å². The number of hydrogen-bond acceptors (Lipinski definition) is 4. The first kappa shape index (κ1) is 31.0. The van der Waals surface area contributed by atoms with Crippen molar-refractivity contribution in [2.75, 3.05) is 17.1 Å². The predicted octanol–water partition coefficient (Wildman–Crippen LogP) is 4.94. The van der Waals surface area contributed by atoms with Gasteiger partial charge in [-0.25, -0.2) is 17.2 Å². The number of hydrogen-bond donors (Lipinski definition) is 1. The summed E-state index contributed by atoms with van der Waals surface area (Å²) in [5, 5.41) is 3.40. The van der Waals surface area contributed by atoms with Crippen LogP contribution in [-0.4, -0.2) is 49.5 Å². The smallest absolute Gasteiger partial charge is 0.244 e. The lowest BCUT2D eigenvalue weighted by atomic mass is 10.0. The Kier molecular flexibility index (Phi) is 9.92. The zero-order chi connectivity index (χ0) is 29.7. The van der Waals surface area contributed by atoms with Crippen molar-refractivity contribution in [1.29, 1.82) is 0 Å². The summed E-state index contributed by atoms with van der Waals surface area (Å²) in [5.41, 5.74) is 0.593. The largest absolute Gasteiger partial charge is 0.350 e. The SMILES string of the molecule is CC(C)(C)NC(=O)[C@@H](Cc1ccccc1)N(Cc1ccc(Cl)cc1)C(=O)CN(c1ccc(F)c(F)c1)S(C)(=O)=O. The van der Waals surface area contributed by atoms with E-state index >= 15 is 0 Å². The van der Waals surface area contributed by atoms with Crippen LogP contribution in [0.15, 0.2) is 72.8 Å². The molecule has 0 saturated heterocycles. The van der Waals surface area contributed by atoms with E-state index in [1.165, 1.54) is 4.90 Å². The Bertz CT molecular complexity index is 1450. The van der Waals surface area contributed by atoms with Crippen LogP contribution in [0.2, 0.25) is 5.02 Å². The van der Waals surface area contributed by atoms with Crippen molar-refractivity contribution in [2.45, 2.75) is 45.3 Å². The number of sulfonamides is 1. The summed E-state index contributed by atoms with van der Waals surface area (Å²) in [4.78, 5) is 28.9. The van der Waals surface area contributed by atoms with Gasteiger partial charge in [-0.15, -0.1) is 0 Å². The topological polar surface area (TPSA) is 86.8 Å². The summed E-state index contributed by atoms with van der Waals surface area (Å²) in [6.45, 7) is 4.64. The third-order valence-corrected chi connectivity index (χ3v) is 7.30. The fraction of sp³-hybridized carbons (Fsp3) is 0.310. The van der Waals surface area contributed by atoms with Gasteiger partial charge in [-0.05, 0) is 56.2 Å². The Balaban J connectivity index is 2.08. The quantitative estimate of drug-likeness (QED) is 0.362. The van der Waals surface area contributed by atoms with Crippen LogP contribution in [0.1, 0.15) is 31.9 Å². The second-order valence-electron chi connectivity index (χ2n) is 10.5. The highest BCUT2D eigenvalue weighted by atomic mass is 35.5. The molecule has 1 N–H and O–H groups in total. The van der Waals surface area contributed by atoms with Crippen LogP contribution in [0.25, 0.3) is 0 Å². The molecule has 214 valence electrons. The molecule has 0 spiro atoms. The lowest BCUT2D eigenvalue weighted by molar-refractivity contribution is -0.140. The highest BCUT2D eigenvalue weighted by molar-refractivity contribution is 7.92. The molecule has 7 nitrogen and oxygen atoms in total. The number of nitrogens with one attached hydrogen (secondary N) is 1. The number of halogens is 3. The van der Waals surface area contributed by atoms with Gasteiger partial charge in [0.1, 0.15) is 12.6 Å². The van der Waals surface area contributed by atoms with Crippen molar-refractivity contribution in [1.82, 2.24) is 10.2 Å². The van der Waals surface area contributed by atoms with Crippen molar-refractivity contribution in [3.8, 4) is 0 Å². The maximum atomic E-state index is 14.0. The highest BCUT2D eigenvalue weighted by Gasteiger charge is 2.34. The molecule has 3 rings (SSSR count). The van der Waals surface area contributed by atoms with Gasteiger partial charge in [0.25, 0.3) is 0 Å². The fourth-order valence-corrected chi connectivity index (χ4v) is 5.01. The average Bonchev–Trinajstić information content (AvgIpc) is 2.86. The van der Waals surface area contributed by atoms with E-state index in [0.717, 1.165) is 24.0 Å². The number of nitrogens with zero attached hydrogens (tertiary/aromatic N) is 2. The first-order valence-electron chi connectivity index (χ1n) is 12.5. The molecule has 2 amide bonds. The molecule has 0 radical (unpaired) electrons. The van der Waals surface area contributed by atoms with E-state index in [2.05, 4.69) is 5.32 Å². The maximum Gasteiger partial charge on any atom is 0.244 e. The molecule has 0 aliphatic heterocycles. The molecular weight excluding hydrogens is 560 g/mol. The van der Waals surface area contributed by atoms with E-state index in [1.807, 2.05) is 51.1 Å². The van der Waals surface area contributed by atoms with Gasteiger partial charge in [0, 0.05) is 29.6 Å². The first-order valence-corrected chi connectivity index (χ1v) is 14.7. The molecule has 0 fully saturated rings. The molecule has 0 saturated carbocycles. The Morgan fingerprint density at radius 3 is 2.10 bits per heavy atom. The third-order valence-electron chi connectivity index (χ3n) is 5.91. The summed E-state index contributed by atoms with van der Waals surface area (Å²) in [6, 6.07) is 17.3. The van der Waals surface area contributed by atoms with Gasteiger partial charge >= 0.3 is 0 Å². The van der Waals surface area contributed by atoms with Crippen molar-refractivity contribution in [2.24, 2.45) is 0 Å². The van der Waals surface area contributed by atoms with E-state index in [0.29, 0.717) is 21.0 Å². The molecule has 1 atom stereocenters. The molecule has 0 aromatic heterocycles. The van der Waals surface area contributed by atoms with Crippen LogP contribution < -0.4 is 9.62 Å². The first-order chi connectivity index (χ1) is 18.6. The normalized spacial score (nSPS) is 12.5. The Labute approximate surface area is 238 Å². The van der Waals surface area contributed by atoms with Crippen LogP contribution >= 0.6 is 11.6 Å². The lowest BCUT2D eigenvalue weighted by Crippen LogP contribution is -2.56. The van der Waals surface area contributed by atoms with Gasteiger partial charge in [0.15, 0.2) is 11.6 Å². The predicted molar refractivity (Wildman–Crippen MR) is 152 cm³/mol. The fourth-order valence-electron chi connectivity index (χ4n) is 4.05. The van der Waals surface area contributed by atoms with Gasteiger partial charge in [0.05, 0.1) is 11.9 Å².